The molecule has 0 amide bonds. The van der Waals surface area contributed by atoms with Crippen molar-refractivity contribution in [3.05, 3.63) is 63.6 Å². The summed E-state index contributed by atoms with van der Waals surface area (Å²) in [6.45, 7) is 5.81. The van der Waals surface area contributed by atoms with E-state index in [9.17, 15) is 4.79 Å². The van der Waals surface area contributed by atoms with Gasteiger partial charge in [0.25, 0.3) is 0 Å². The number of benzene rings is 2. The molecule has 0 aliphatic carbocycles. The molecular weight excluding hydrogens is 316 g/mol. The van der Waals surface area contributed by atoms with Gasteiger partial charge in [0.1, 0.15) is 5.75 Å². The van der Waals surface area contributed by atoms with Crippen LogP contribution in [-0.2, 0) is 0 Å². The lowest BCUT2D eigenvalue weighted by Crippen LogP contribution is -2.24. The van der Waals surface area contributed by atoms with Crippen molar-refractivity contribution in [2.45, 2.75) is 26.9 Å². The number of hydrogen-bond donors (Lipinski definition) is 0. The van der Waals surface area contributed by atoms with E-state index in [1.807, 2.05) is 56.3 Å². The Morgan fingerprint density at radius 3 is 2.50 bits per heavy atom. The van der Waals surface area contributed by atoms with Gasteiger partial charge in [-0.3, -0.25) is 4.79 Å². The van der Waals surface area contributed by atoms with Crippen molar-refractivity contribution in [1.82, 2.24) is 0 Å². The van der Waals surface area contributed by atoms with Crippen LogP contribution in [0.15, 0.2) is 46.9 Å². The lowest BCUT2D eigenvalue weighted by atomic mass is 10.0. The van der Waals surface area contributed by atoms with Crippen molar-refractivity contribution >= 4 is 21.7 Å². The molecule has 0 bridgehead atoms. The number of Topliss-reactive ketones (excluding diaryl/α,β-unsaturated/α-hetero) is 1. The van der Waals surface area contributed by atoms with E-state index in [1.54, 1.807) is 6.92 Å². The predicted molar refractivity (Wildman–Crippen MR) is 84.5 cm³/mol. The second-order valence-electron chi connectivity index (χ2n) is 4.88. The summed E-state index contributed by atoms with van der Waals surface area (Å²) in [6.07, 6.45) is -0.508. The molecule has 2 nitrogen and oxygen atoms in total. The Balaban J connectivity index is 2.14. The van der Waals surface area contributed by atoms with Crippen LogP contribution in [0, 0.1) is 13.8 Å². The van der Waals surface area contributed by atoms with Crippen molar-refractivity contribution in [2.24, 2.45) is 0 Å². The van der Waals surface area contributed by atoms with Gasteiger partial charge in [0.05, 0.1) is 0 Å². The van der Waals surface area contributed by atoms with Crippen molar-refractivity contribution in [2.75, 3.05) is 0 Å². The number of hydrogen-bond acceptors (Lipinski definition) is 2. The highest BCUT2D eigenvalue weighted by Crippen LogP contribution is 2.20. The molecule has 104 valence electrons. The predicted octanol–water partition coefficient (Wildman–Crippen LogP) is 4.72. The molecule has 2 aromatic carbocycles. The molecule has 0 radical (unpaired) electrons. The van der Waals surface area contributed by atoms with E-state index in [0.717, 1.165) is 10.0 Å². The average molecular weight is 333 g/mol. The molecular formula is C17H17BrO2. The molecule has 2 aromatic rings. The molecule has 0 spiro atoms. The van der Waals surface area contributed by atoms with Crippen LogP contribution in [0.25, 0.3) is 0 Å². The minimum atomic E-state index is -0.508. The van der Waals surface area contributed by atoms with Gasteiger partial charge in [0.15, 0.2) is 6.10 Å². The van der Waals surface area contributed by atoms with Crippen LogP contribution in [0.3, 0.4) is 0 Å². The molecule has 2 rings (SSSR count). The van der Waals surface area contributed by atoms with Crippen molar-refractivity contribution in [3.63, 3.8) is 0 Å². The summed E-state index contributed by atoms with van der Waals surface area (Å²) >= 11 is 3.39. The maximum absolute atomic E-state index is 12.4. The average Bonchev–Trinajstić information content (AvgIpc) is 2.41. The van der Waals surface area contributed by atoms with Crippen LogP contribution >= 0.6 is 15.9 Å². The fraction of sp³-hybridized carbons (Fsp3) is 0.235. The third-order valence-electron chi connectivity index (χ3n) is 3.27. The van der Waals surface area contributed by atoms with E-state index < -0.39 is 6.10 Å². The molecule has 0 heterocycles. The summed E-state index contributed by atoms with van der Waals surface area (Å²) in [5.74, 6) is 0.678. The van der Waals surface area contributed by atoms with Gasteiger partial charge < -0.3 is 4.74 Å². The van der Waals surface area contributed by atoms with E-state index in [1.165, 1.54) is 5.56 Å². The van der Waals surface area contributed by atoms with Gasteiger partial charge in [-0.2, -0.15) is 0 Å². The zero-order valence-corrected chi connectivity index (χ0v) is 13.4. The number of ether oxygens (including phenoxy) is 1. The first-order valence-electron chi connectivity index (χ1n) is 6.51. The smallest absolute Gasteiger partial charge is 0.203 e. The van der Waals surface area contributed by atoms with Gasteiger partial charge in [0, 0.05) is 10.0 Å². The summed E-state index contributed by atoms with van der Waals surface area (Å²) in [4.78, 5) is 12.4. The van der Waals surface area contributed by atoms with E-state index in [-0.39, 0.29) is 5.78 Å². The molecule has 0 saturated carbocycles. The maximum atomic E-state index is 12.4. The Hall–Kier alpha value is -1.61. The van der Waals surface area contributed by atoms with Gasteiger partial charge in [-0.05, 0) is 56.2 Å². The normalized spacial score (nSPS) is 12.0. The lowest BCUT2D eigenvalue weighted by molar-refractivity contribution is 0.0818. The molecule has 20 heavy (non-hydrogen) atoms. The minimum Gasteiger partial charge on any atom is -0.483 e. The first kappa shape index (κ1) is 14.8. The molecule has 0 saturated heterocycles. The van der Waals surface area contributed by atoms with E-state index >= 15 is 0 Å². The standard InChI is InChI=1S/C17H17BrO2/c1-11-7-8-14(9-12(11)2)17(19)13(3)20-16-6-4-5-15(18)10-16/h4-10,13H,1-3H3. The highest BCUT2D eigenvalue weighted by atomic mass is 79.9. The zero-order valence-electron chi connectivity index (χ0n) is 11.8. The third-order valence-corrected chi connectivity index (χ3v) is 3.76. The Kier molecular flexibility index (Phi) is 4.61. The van der Waals surface area contributed by atoms with Crippen molar-refractivity contribution in [1.29, 1.82) is 0 Å². The number of rotatable bonds is 4. The summed E-state index contributed by atoms with van der Waals surface area (Å²) < 4.78 is 6.63. The number of carbonyl (C=O) groups is 1. The van der Waals surface area contributed by atoms with Gasteiger partial charge >= 0.3 is 0 Å². The number of aryl methyl sites for hydroxylation is 2. The van der Waals surface area contributed by atoms with Crippen LogP contribution in [0.2, 0.25) is 0 Å². The van der Waals surface area contributed by atoms with Crippen molar-refractivity contribution < 1.29 is 9.53 Å². The van der Waals surface area contributed by atoms with E-state index in [2.05, 4.69) is 15.9 Å². The van der Waals surface area contributed by atoms with Gasteiger partial charge in [-0.1, -0.05) is 34.1 Å². The number of halogens is 1. The monoisotopic (exact) mass is 332 g/mol. The van der Waals surface area contributed by atoms with Gasteiger partial charge in [-0.25, -0.2) is 0 Å². The first-order valence-corrected chi connectivity index (χ1v) is 7.30. The highest BCUT2D eigenvalue weighted by molar-refractivity contribution is 9.10. The fourth-order valence-electron chi connectivity index (χ4n) is 1.93. The second-order valence-corrected chi connectivity index (χ2v) is 5.80. The molecule has 0 N–H and O–H groups in total. The molecule has 1 unspecified atom stereocenters. The Morgan fingerprint density at radius 2 is 1.85 bits per heavy atom. The van der Waals surface area contributed by atoms with Gasteiger partial charge in [-0.15, -0.1) is 0 Å². The Labute approximate surface area is 127 Å². The summed E-state index contributed by atoms with van der Waals surface area (Å²) in [5, 5.41) is 0. The van der Waals surface area contributed by atoms with Crippen LogP contribution in [-0.4, -0.2) is 11.9 Å². The Morgan fingerprint density at radius 1 is 1.10 bits per heavy atom. The number of carbonyl (C=O) groups excluding carboxylic acids is 1. The third kappa shape index (κ3) is 3.48. The largest absolute Gasteiger partial charge is 0.483 e. The molecule has 1 atom stereocenters. The van der Waals surface area contributed by atoms with Crippen LogP contribution in [0.1, 0.15) is 28.4 Å². The van der Waals surface area contributed by atoms with Crippen molar-refractivity contribution in [3.8, 4) is 5.75 Å². The van der Waals surface area contributed by atoms with E-state index in [0.29, 0.717) is 11.3 Å². The summed E-state index contributed by atoms with van der Waals surface area (Å²) in [7, 11) is 0. The fourth-order valence-corrected chi connectivity index (χ4v) is 2.31. The summed E-state index contributed by atoms with van der Waals surface area (Å²) in [6, 6.07) is 13.2. The van der Waals surface area contributed by atoms with Crippen LogP contribution < -0.4 is 4.74 Å². The van der Waals surface area contributed by atoms with E-state index in [4.69, 9.17) is 4.74 Å². The highest BCUT2D eigenvalue weighted by Gasteiger charge is 2.17. The summed E-state index contributed by atoms with van der Waals surface area (Å²) in [5.41, 5.74) is 2.99. The zero-order chi connectivity index (χ0) is 14.7. The first-order chi connectivity index (χ1) is 9.47. The molecule has 0 fully saturated rings. The van der Waals surface area contributed by atoms with Crippen LogP contribution in [0.5, 0.6) is 5.75 Å². The lowest BCUT2D eigenvalue weighted by Gasteiger charge is -2.14. The maximum Gasteiger partial charge on any atom is 0.203 e. The molecule has 0 aliphatic heterocycles. The topological polar surface area (TPSA) is 26.3 Å². The molecule has 0 aromatic heterocycles. The van der Waals surface area contributed by atoms with Gasteiger partial charge in [0.2, 0.25) is 5.78 Å². The second kappa shape index (κ2) is 6.23. The van der Waals surface area contributed by atoms with Crippen LogP contribution in [0.4, 0.5) is 0 Å². The minimum absolute atomic E-state index is 0.00641. The molecule has 3 heteroatoms. The Bertz CT molecular complexity index is 635. The SMILES string of the molecule is Cc1ccc(C(=O)C(C)Oc2cccc(Br)c2)cc1C. The molecule has 0 aliphatic rings. The quantitative estimate of drug-likeness (QED) is 0.757. The number of ketones is 1.